The Bertz CT molecular complexity index is 739. The van der Waals surface area contributed by atoms with Crippen LogP contribution in [0.4, 0.5) is 0 Å². The van der Waals surface area contributed by atoms with Crippen molar-refractivity contribution in [1.29, 1.82) is 0 Å². The van der Waals surface area contributed by atoms with Gasteiger partial charge < -0.3 is 4.74 Å². The van der Waals surface area contributed by atoms with Crippen molar-refractivity contribution in [3.8, 4) is 17.0 Å². The van der Waals surface area contributed by atoms with Crippen LogP contribution in [0.25, 0.3) is 17.0 Å². The van der Waals surface area contributed by atoms with E-state index in [-0.39, 0.29) is 0 Å². The van der Waals surface area contributed by atoms with Gasteiger partial charge in [0.1, 0.15) is 5.75 Å². The van der Waals surface area contributed by atoms with E-state index in [1.54, 1.807) is 16.9 Å². The second-order valence-corrected chi connectivity index (χ2v) is 5.92. The third kappa shape index (κ3) is 3.06. The zero-order chi connectivity index (χ0) is 15.4. The summed E-state index contributed by atoms with van der Waals surface area (Å²) in [6.45, 7) is 4.79. The molecule has 22 heavy (non-hydrogen) atoms. The average Bonchev–Trinajstić information content (AvgIpc) is 2.97. The first-order valence-corrected chi connectivity index (χ1v) is 8.36. The summed E-state index contributed by atoms with van der Waals surface area (Å²) in [6, 6.07) is 6.26. The van der Waals surface area contributed by atoms with E-state index < -0.39 is 0 Å². The molecule has 0 amide bonds. The molecule has 1 aromatic carbocycles. The van der Waals surface area contributed by atoms with Gasteiger partial charge in [0.2, 0.25) is 0 Å². The van der Waals surface area contributed by atoms with Gasteiger partial charge in [0, 0.05) is 10.5 Å². The molecule has 0 fully saturated rings. The van der Waals surface area contributed by atoms with Crippen LogP contribution in [0.5, 0.6) is 5.75 Å². The number of fused-ring (bicyclic) bond motifs is 1. The van der Waals surface area contributed by atoms with E-state index in [2.05, 4.69) is 40.2 Å². The maximum Gasteiger partial charge on any atom is 0.251 e. The first-order chi connectivity index (χ1) is 10.8. The van der Waals surface area contributed by atoms with Gasteiger partial charge in [-0.15, -0.1) is 11.8 Å². The Morgan fingerprint density at radius 3 is 2.91 bits per heavy atom. The van der Waals surface area contributed by atoms with Gasteiger partial charge in [-0.05, 0) is 37.3 Å². The molecule has 0 aliphatic heterocycles. The molecular formula is C16H18N4OS. The van der Waals surface area contributed by atoms with Gasteiger partial charge in [0.25, 0.3) is 5.78 Å². The molecule has 5 nitrogen and oxygen atoms in total. The minimum Gasteiger partial charge on any atom is -0.493 e. The minimum atomic E-state index is 0.587. The van der Waals surface area contributed by atoms with Crippen LogP contribution in [-0.2, 0) is 0 Å². The molecular weight excluding hydrogens is 296 g/mol. The Labute approximate surface area is 133 Å². The van der Waals surface area contributed by atoms with E-state index in [1.165, 1.54) is 4.90 Å². The van der Waals surface area contributed by atoms with Crippen LogP contribution in [0.15, 0.2) is 41.7 Å². The number of rotatable bonds is 6. The molecule has 0 atom stereocenters. The zero-order valence-electron chi connectivity index (χ0n) is 12.7. The quantitative estimate of drug-likeness (QED) is 0.649. The van der Waals surface area contributed by atoms with Crippen LogP contribution < -0.4 is 4.74 Å². The van der Waals surface area contributed by atoms with E-state index in [0.717, 1.165) is 29.2 Å². The van der Waals surface area contributed by atoms with Crippen molar-refractivity contribution >= 4 is 17.5 Å². The highest BCUT2D eigenvalue weighted by atomic mass is 32.2. The largest absolute Gasteiger partial charge is 0.493 e. The summed E-state index contributed by atoms with van der Waals surface area (Å²) in [5, 5.41) is 4.21. The molecule has 2 heterocycles. The fourth-order valence-corrected chi connectivity index (χ4v) is 2.96. The van der Waals surface area contributed by atoms with Crippen LogP contribution in [0.1, 0.15) is 20.3 Å². The lowest BCUT2D eigenvalue weighted by Gasteiger charge is -2.10. The van der Waals surface area contributed by atoms with Crippen LogP contribution in [0, 0.1) is 0 Å². The third-order valence-electron chi connectivity index (χ3n) is 3.12. The smallest absolute Gasteiger partial charge is 0.251 e. The Hall–Kier alpha value is -2.08. The Morgan fingerprint density at radius 2 is 2.14 bits per heavy atom. The first-order valence-electron chi connectivity index (χ1n) is 7.38. The monoisotopic (exact) mass is 314 g/mol. The van der Waals surface area contributed by atoms with E-state index in [0.29, 0.717) is 12.4 Å². The molecule has 0 aliphatic carbocycles. The van der Waals surface area contributed by atoms with Gasteiger partial charge in [-0.25, -0.2) is 14.5 Å². The summed E-state index contributed by atoms with van der Waals surface area (Å²) in [7, 11) is 0. The van der Waals surface area contributed by atoms with Crippen molar-refractivity contribution in [2.24, 2.45) is 0 Å². The lowest BCUT2D eigenvalue weighted by molar-refractivity contribution is 0.341. The second kappa shape index (κ2) is 6.79. The predicted molar refractivity (Wildman–Crippen MR) is 88.4 cm³/mol. The Morgan fingerprint density at radius 1 is 1.23 bits per heavy atom. The van der Waals surface area contributed by atoms with Gasteiger partial charge in [-0.2, -0.15) is 5.10 Å². The van der Waals surface area contributed by atoms with E-state index in [9.17, 15) is 0 Å². The summed E-state index contributed by atoms with van der Waals surface area (Å²) in [5.74, 6) is 2.55. The lowest BCUT2D eigenvalue weighted by Crippen LogP contribution is -1.95. The molecule has 0 radical (unpaired) electrons. The number of benzene rings is 1. The zero-order valence-corrected chi connectivity index (χ0v) is 13.5. The number of nitrogens with zero attached hydrogens (tertiary/aromatic N) is 4. The standard InChI is InChI=1S/C16H18N4OS/c1-3-9-22-12-5-6-13(15(10-12)21-4-2)14-11-20-16(19-14)17-7-8-18-20/h5-8,10-11H,3-4,9H2,1-2H3. The normalized spacial score (nSPS) is 11.0. The molecule has 0 bridgehead atoms. The number of imidazole rings is 1. The van der Waals surface area contributed by atoms with Gasteiger partial charge >= 0.3 is 0 Å². The summed E-state index contributed by atoms with van der Waals surface area (Å²) < 4.78 is 7.48. The molecule has 2 aromatic heterocycles. The van der Waals surface area contributed by atoms with Crippen LogP contribution >= 0.6 is 11.8 Å². The van der Waals surface area contributed by atoms with Gasteiger partial charge in [-0.3, -0.25) is 0 Å². The first kappa shape index (κ1) is 14.8. The lowest BCUT2D eigenvalue weighted by atomic mass is 10.1. The molecule has 3 rings (SSSR count). The predicted octanol–water partition coefficient (Wildman–Crippen LogP) is 3.69. The average molecular weight is 314 g/mol. The SMILES string of the molecule is CCCSc1ccc(-c2cn3nccnc3n2)c(OCC)c1. The number of aromatic nitrogens is 4. The maximum absolute atomic E-state index is 5.80. The van der Waals surface area contributed by atoms with Crippen molar-refractivity contribution in [2.45, 2.75) is 25.2 Å². The van der Waals surface area contributed by atoms with Crippen molar-refractivity contribution in [1.82, 2.24) is 19.6 Å². The second-order valence-electron chi connectivity index (χ2n) is 4.75. The van der Waals surface area contributed by atoms with Crippen molar-refractivity contribution in [3.63, 3.8) is 0 Å². The molecule has 6 heteroatoms. The third-order valence-corrected chi connectivity index (χ3v) is 4.32. The Kier molecular flexibility index (Phi) is 4.58. The van der Waals surface area contributed by atoms with Crippen LogP contribution in [0.3, 0.4) is 0 Å². The fraction of sp³-hybridized carbons (Fsp3) is 0.312. The van der Waals surface area contributed by atoms with Crippen LogP contribution in [0.2, 0.25) is 0 Å². The summed E-state index contributed by atoms with van der Waals surface area (Å²) in [5.41, 5.74) is 1.79. The van der Waals surface area contributed by atoms with Gasteiger partial charge in [-0.1, -0.05) is 6.92 Å². The van der Waals surface area contributed by atoms with E-state index >= 15 is 0 Å². The summed E-state index contributed by atoms with van der Waals surface area (Å²) in [4.78, 5) is 9.94. The summed E-state index contributed by atoms with van der Waals surface area (Å²) in [6.07, 6.45) is 6.31. The van der Waals surface area contributed by atoms with Gasteiger partial charge in [0.05, 0.1) is 30.9 Å². The molecule has 0 spiro atoms. The highest BCUT2D eigenvalue weighted by molar-refractivity contribution is 7.99. The number of ether oxygens (including phenoxy) is 1. The topological polar surface area (TPSA) is 52.3 Å². The van der Waals surface area contributed by atoms with E-state index in [1.807, 2.05) is 24.9 Å². The van der Waals surface area contributed by atoms with Crippen LogP contribution in [-0.4, -0.2) is 31.9 Å². The number of thioether (sulfide) groups is 1. The molecule has 0 aliphatic rings. The molecule has 0 unspecified atom stereocenters. The highest BCUT2D eigenvalue weighted by Crippen LogP contribution is 2.33. The van der Waals surface area contributed by atoms with Crippen molar-refractivity contribution in [3.05, 3.63) is 36.8 Å². The summed E-state index contributed by atoms with van der Waals surface area (Å²) >= 11 is 1.84. The fourth-order valence-electron chi connectivity index (χ4n) is 2.16. The number of hydrogen-bond acceptors (Lipinski definition) is 5. The molecule has 0 saturated heterocycles. The molecule has 114 valence electrons. The molecule has 0 saturated carbocycles. The number of hydrogen-bond donors (Lipinski definition) is 0. The van der Waals surface area contributed by atoms with Crippen molar-refractivity contribution < 1.29 is 4.74 Å². The maximum atomic E-state index is 5.80. The molecule has 0 N–H and O–H groups in total. The van der Waals surface area contributed by atoms with Crippen molar-refractivity contribution in [2.75, 3.05) is 12.4 Å². The van der Waals surface area contributed by atoms with Gasteiger partial charge in [0.15, 0.2) is 0 Å². The highest BCUT2D eigenvalue weighted by Gasteiger charge is 2.12. The molecule has 3 aromatic rings. The minimum absolute atomic E-state index is 0.587. The Balaban J connectivity index is 2.00. The van der Waals surface area contributed by atoms with E-state index in [4.69, 9.17) is 4.74 Å².